The number of hydrogen-bond donors (Lipinski definition) is 1. The summed E-state index contributed by atoms with van der Waals surface area (Å²) in [6, 6.07) is 16.7. The maximum atomic E-state index is 11.9. The fourth-order valence-corrected chi connectivity index (χ4v) is 2.57. The zero-order chi connectivity index (χ0) is 15.5. The molecule has 2 aromatic carbocycles. The monoisotopic (exact) mass is 295 g/mol. The van der Waals surface area contributed by atoms with Crippen molar-refractivity contribution >= 4 is 16.5 Å². The molecular weight excluding hydrogens is 278 g/mol. The van der Waals surface area contributed by atoms with Crippen molar-refractivity contribution in [3.05, 3.63) is 75.3 Å². The van der Waals surface area contributed by atoms with E-state index in [1.807, 2.05) is 31.2 Å². The molecule has 112 valence electrons. The molecule has 0 saturated carbocycles. The Bertz CT molecular complexity index is 906. The van der Waals surface area contributed by atoms with Gasteiger partial charge in [0.1, 0.15) is 6.67 Å². The number of fused-ring (bicyclic) bond motifs is 1. The van der Waals surface area contributed by atoms with Crippen molar-refractivity contribution in [3.63, 3.8) is 0 Å². The molecule has 0 aliphatic rings. The van der Waals surface area contributed by atoms with E-state index in [0.717, 1.165) is 23.0 Å². The summed E-state index contributed by atoms with van der Waals surface area (Å²) in [6.45, 7) is 3.05. The molecule has 5 heteroatoms. The Kier molecular flexibility index (Phi) is 3.78. The van der Waals surface area contributed by atoms with Crippen LogP contribution in [0.15, 0.2) is 64.2 Å². The molecule has 0 saturated heterocycles. The zero-order valence-electron chi connectivity index (χ0n) is 12.3. The largest absolute Gasteiger partial charge is 0.352 e. The van der Waals surface area contributed by atoms with E-state index in [1.165, 1.54) is 16.8 Å². The molecule has 3 rings (SSSR count). The van der Waals surface area contributed by atoms with Crippen LogP contribution in [0.1, 0.15) is 6.92 Å². The van der Waals surface area contributed by atoms with Crippen molar-refractivity contribution in [1.82, 2.24) is 9.78 Å². The van der Waals surface area contributed by atoms with Crippen molar-refractivity contribution in [3.8, 4) is 0 Å². The molecule has 0 bridgehead atoms. The summed E-state index contributed by atoms with van der Waals surface area (Å²) < 4.78 is 1.33. The first-order chi connectivity index (χ1) is 10.7. The SMILES string of the molecule is CCN(Cn1[nH]c(=O)ccc1=O)c1cccc2ccccc12. The van der Waals surface area contributed by atoms with Gasteiger partial charge in [0.2, 0.25) is 0 Å². The van der Waals surface area contributed by atoms with E-state index in [-0.39, 0.29) is 11.1 Å². The Labute approximate surface area is 127 Å². The van der Waals surface area contributed by atoms with Crippen LogP contribution in [0.25, 0.3) is 10.8 Å². The number of anilines is 1. The summed E-state index contributed by atoms with van der Waals surface area (Å²) in [7, 11) is 0. The van der Waals surface area contributed by atoms with Gasteiger partial charge >= 0.3 is 0 Å². The third kappa shape index (κ3) is 2.65. The third-order valence-corrected chi connectivity index (χ3v) is 3.69. The first-order valence-corrected chi connectivity index (χ1v) is 7.22. The Balaban J connectivity index is 2.05. The molecule has 1 N–H and O–H groups in total. The highest BCUT2D eigenvalue weighted by atomic mass is 16.2. The fourth-order valence-electron chi connectivity index (χ4n) is 2.57. The van der Waals surface area contributed by atoms with Crippen molar-refractivity contribution in [2.75, 3.05) is 11.4 Å². The van der Waals surface area contributed by atoms with Gasteiger partial charge in [-0.1, -0.05) is 36.4 Å². The second-order valence-electron chi connectivity index (χ2n) is 5.07. The molecule has 1 heterocycles. The molecule has 0 spiro atoms. The lowest BCUT2D eigenvalue weighted by Crippen LogP contribution is -2.36. The molecule has 0 unspecified atom stereocenters. The third-order valence-electron chi connectivity index (χ3n) is 3.69. The van der Waals surface area contributed by atoms with Crippen LogP contribution < -0.4 is 16.0 Å². The highest BCUT2D eigenvalue weighted by molar-refractivity contribution is 5.94. The lowest BCUT2D eigenvalue weighted by atomic mass is 10.1. The summed E-state index contributed by atoms with van der Waals surface area (Å²) >= 11 is 0. The number of nitrogens with zero attached hydrogens (tertiary/aromatic N) is 2. The molecule has 22 heavy (non-hydrogen) atoms. The number of H-pyrrole nitrogens is 1. The summed E-state index contributed by atoms with van der Waals surface area (Å²) in [4.78, 5) is 25.4. The normalized spacial score (nSPS) is 10.8. The van der Waals surface area contributed by atoms with Crippen molar-refractivity contribution in [2.24, 2.45) is 0 Å². The van der Waals surface area contributed by atoms with Gasteiger partial charge in [-0.3, -0.25) is 14.7 Å². The minimum atomic E-state index is -0.284. The van der Waals surface area contributed by atoms with Gasteiger partial charge in [0, 0.05) is 29.8 Å². The minimum Gasteiger partial charge on any atom is -0.352 e. The van der Waals surface area contributed by atoms with Crippen LogP contribution in [0.4, 0.5) is 5.69 Å². The van der Waals surface area contributed by atoms with E-state index in [1.54, 1.807) is 0 Å². The van der Waals surface area contributed by atoms with Gasteiger partial charge < -0.3 is 4.90 Å². The number of nitrogens with one attached hydrogen (secondary N) is 1. The number of benzene rings is 2. The Morgan fingerprint density at radius 2 is 1.77 bits per heavy atom. The Hall–Kier alpha value is -2.82. The molecule has 1 aromatic heterocycles. The predicted molar refractivity (Wildman–Crippen MR) is 88.3 cm³/mol. The fraction of sp³-hybridized carbons (Fsp3) is 0.176. The number of rotatable bonds is 4. The molecule has 0 amide bonds. The van der Waals surface area contributed by atoms with Crippen LogP contribution >= 0.6 is 0 Å². The van der Waals surface area contributed by atoms with Gasteiger partial charge in [-0.25, -0.2) is 4.68 Å². The molecule has 5 nitrogen and oxygen atoms in total. The average molecular weight is 295 g/mol. The molecule has 0 aliphatic heterocycles. The Morgan fingerprint density at radius 3 is 2.59 bits per heavy atom. The number of aromatic nitrogens is 2. The van der Waals surface area contributed by atoms with Crippen LogP contribution in [0.3, 0.4) is 0 Å². The van der Waals surface area contributed by atoms with E-state index in [2.05, 4.69) is 28.2 Å². The minimum absolute atomic E-state index is 0.224. The van der Waals surface area contributed by atoms with Crippen molar-refractivity contribution in [1.29, 1.82) is 0 Å². The molecule has 3 aromatic rings. The number of aromatic amines is 1. The van der Waals surface area contributed by atoms with Gasteiger partial charge in [-0.15, -0.1) is 0 Å². The lowest BCUT2D eigenvalue weighted by molar-refractivity contribution is 0.548. The van der Waals surface area contributed by atoms with Crippen LogP contribution in [-0.4, -0.2) is 16.3 Å². The van der Waals surface area contributed by atoms with Crippen LogP contribution in [-0.2, 0) is 6.67 Å². The van der Waals surface area contributed by atoms with E-state index < -0.39 is 0 Å². The van der Waals surface area contributed by atoms with Crippen molar-refractivity contribution < 1.29 is 0 Å². The van der Waals surface area contributed by atoms with Crippen LogP contribution in [0.5, 0.6) is 0 Å². The molecule has 0 aliphatic carbocycles. The van der Waals surface area contributed by atoms with E-state index in [9.17, 15) is 9.59 Å². The summed E-state index contributed by atoms with van der Waals surface area (Å²) in [5, 5.41) is 4.83. The summed E-state index contributed by atoms with van der Waals surface area (Å²) in [5.41, 5.74) is 0.532. The summed E-state index contributed by atoms with van der Waals surface area (Å²) in [6.07, 6.45) is 0. The lowest BCUT2D eigenvalue weighted by Gasteiger charge is -2.25. The van der Waals surface area contributed by atoms with Gasteiger partial charge in [-0.05, 0) is 18.4 Å². The molecule has 0 atom stereocenters. The number of hydrogen-bond acceptors (Lipinski definition) is 3. The van der Waals surface area contributed by atoms with Crippen LogP contribution in [0.2, 0.25) is 0 Å². The summed E-state index contributed by atoms with van der Waals surface area (Å²) in [5.74, 6) is 0. The first kappa shape index (κ1) is 14.1. The maximum Gasteiger partial charge on any atom is 0.266 e. The van der Waals surface area contributed by atoms with Gasteiger partial charge in [-0.2, -0.15) is 0 Å². The molecule has 0 fully saturated rings. The molecule has 0 radical (unpaired) electrons. The quantitative estimate of drug-likeness (QED) is 0.802. The first-order valence-electron chi connectivity index (χ1n) is 7.22. The van der Waals surface area contributed by atoms with Crippen LogP contribution in [0, 0.1) is 0 Å². The van der Waals surface area contributed by atoms with E-state index in [0.29, 0.717) is 6.67 Å². The topological polar surface area (TPSA) is 58.1 Å². The van der Waals surface area contributed by atoms with Gasteiger partial charge in [0.05, 0.1) is 0 Å². The standard InChI is InChI=1S/C17H17N3O2/c1-2-19(12-20-17(22)11-10-16(21)18-20)15-9-5-7-13-6-3-4-8-14(13)15/h3-11H,2,12H2,1H3,(H,18,21). The Morgan fingerprint density at radius 1 is 1.00 bits per heavy atom. The second-order valence-corrected chi connectivity index (χ2v) is 5.07. The zero-order valence-corrected chi connectivity index (χ0v) is 12.3. The highest BCUT2D eigenvalue weighted by Gasteiger charge is 2.09. The van der Waals surface area contributed by atoms with E-state index >= 15 is 0 Å². The second kappa shape index (κ2) is 5.89. The molecular formula is C17H17N3O2. The van der Waals surface area contributed by atoms with E-state index in [4.69, 9.17) is 0 Å². The van der Waals surface area contributed by atoms with Crippen molar-refractivity contribution in [2.45, 2.75) is 13.6 Å². The van der Waals surface area contributed by atoms with Gasteiger partial charge in [0.25, 0.3) is 11.1 Å². The average Bonchev–Trinajstić information content (AvgIpc) is 2.55. The highest BCUT2D eigenvalue weighted by Crippen LogP contribution is 2.26. The smallest absolute Gasteiger partial charge is 0.266 e. The van der Waals surface area contributed by atoms with Gasteiger partial charge in [0.15, 0.2) is 0 Å². The predicted octanol–water partition coefficient (Wildman–Crippen LogP) is 2.17. The maximum absolute atomic E-state index is 11.9.